The number of sulfonamides is 1. The number of aliphatic hydroxyl groups is 1. The Kier molecular flexibility index (Phi) is 8.68. The number of benzene rings is 2. The fourth-order valence-electron chi connectivity index (χ4n) is 5.34. The fraction of sp³-hybridized carbons (Fsp3) is 0.536. The number of rotatable bonds is 9. The second-order valence-electron chi connectivity index (χ2n) is 10.7. The normalized spacial score (nSPS) is 22.7. The number of hydrogen-bond donors (Lipinski definition) is 1. The molecule has 2 atom stereocenters. The molecule has 0 radical (unpaired) electrons. The Morgan fingerprint density at radius 1 is 1.11 bits per heavy atom. The minimum absolute atomic E-state index is 0.0479. The lowest BCUT2D eigenvalue weighted by Gasteiger charge is -2.38. The van der Waals surface area contributed by atoms with Gasteiger partial charge in [-0.25, -0.2) is 12.8 Å². The highest BCUT2D eigenvalue weighted by atomic mass is 32.2. The third-order valence-electron chi connectivity index (χ3n) is 7.38. The van der Waals surface area contributed by atoms with Crippen LogP contribution in [0.25, 0.3) is 0 Å². The zero-order chi connectivity index (χ0) is 26.6. The highest BCUT2D eigenvalue weighted by molar-refractivity contribution is 7.90. The number of ether oxygens (including phenoxy) is 1. The van der Waals surface area contributed by atoms with E-state index < -0.39 is 32.6 Å². The summed E-state index contributed by atoms with van der Waals surface area (Å²) >= 11 is 0. The van der Waals surface area contributed by atoms with Crippen LogP contribution >= 0.6 is 0 Å². The van der Waals surface area contributed by atoms with Gasteiger partial charge in [0.2, 0.25) is 5.90 Å². The molecule has 2 aromatic rings. The molecule has 7 nitrogen and oxygen atoms in total. The van der Waals surface area contributed by atoms with Crippen molar-refractivity contribution in [1.29, 1.82) is 0 Å². The van der Waals surface area contributed by atoms with Crippen LogP contribution in [0.4, 0.5) is 4.39 Å². The summed E-state index contributed by atoms with van der Waals surface area (Å²) in [5, 5.41) is 8.58. The zero-order valence-electron chi connectivity index (χ0n) is 21.9. The van der Waals surface area contributed by atoms with E-state index in [1.165, 1.54) is 6.07 Å². The molecule has 202 valence electrons. The van der Waals surface area contributed by atoms with E-state index >= 15 is 0 Å². The molecule has 1 unspecified atom stereocenters. The van der Waals surface area contributed by atoms with E-state index in [2.05, 4.69) is 21.2 Å². The summed E-state index contributed by atoms with van der Waals surface area (Å²) in [7, 11) is -1.80. The lowest BCUT2D eigenvalue weighted by molar-refractivity contribution is 0.0797. The van der Waals surface area contributed by atoms with E-state index in [-0.39, 0.29) is 25.3 Å². The average molecular weight is 532 g/mol. The highest BCUT2D eigenvalue weighted by Gasteiger charge is 2.47. The Labute approximate surface area is 220 Å². The molecule has 2 heterocycles. The Balaban J connectivity index is 1.49. The van der Waals surface area contributed by atoms with Crippen molar-refractivity contribution >= 4 is 15.9 Å². The van der Waals surface area contributed by atoms with Gasteiger partial charge in [-0.1, -0.05) is 42.5 Å². The van der Waals surface area contributed by atoms with Gasteiger partial charge >= 0.3 is 0 Å². The number of halogens is 1. The Morgan fingerprint density at radius 2 is 1.78 bits per heavy atom. The predicted octanol–water partition coefficient (Wildman–Crippen LogP) is 3.75. The van der Waals surface area contributed by atoms with Crippen LogP contribution in [0.1, 0.15) is 54.5 Å². The number of hydrogen-bond acceptors (Lipinski definition) is 6. The molecule has 9 heteroatoms. The lowest BCUT2D eigenvalue weighted by atomic mass is 9.91. The van der Waals surface area contributed by atoms with Crippen LogP contribution in [0.5, 0.6) is 0 Å². The van der Waals surface area contributed by atoms with Crippen LogP contribution in [-0.2, 0) is 21.2 Å². The van der Waals surface area contributed by atoms with E-state index in [9.17, 15) is 17.9 Å². The molecule has 2 aliphatic heterocycles. The molecule has 37 heavy (non-hydrogen) atoms. The summed E-state index contributed by atoms with van der Waals surface area (Å²) in [6.07, 6.45) is 1.26. The van der Waals surface area contributed by atoms with Crippen molar-refractivity contribution in [2.75, 3.05) is 46.4 Å². The van der Waals surface area contributed by atoms with Crippen molar-refractivity contribution < 1.29 is 22.7 Å². The first-order chi connectivity index (χ1) is 17.6. The molecular weight excluding hydrogens is 493 g/mol. The molecule has 0 aromatic heterocycles. The van der Waals surface area contributed by atoms with Crippen LogP contribution in [0, 0.1) is 5.82 Å². The van der Waals surface area contributed by atoms with Crippen LogP contribution in [0.2, 0.25) is 0 Å². The molecule has 1 fully saturated rings. The zero-order valence-corrected chi connectivity index (χ0v) is 22.8. The Hall–Kier alpha value is -2.33. The molecule has 2 aromatic carbocycles. The highest BCUT2D eigenvalue weighted by Crippen LogP contribution is 2.42. The van der Waals surface area contributed by atoms with Gasteiger partial charge in [-0.2, -0.15) is 0 Å². The first-order valence-electron chi connectivity index (χ1n) is 13.0. The second kappa shape index (κ2) is 11.6. The van der Waals surface area contributed by atoms with Gasteiger partial charge in [0.15, 0.2) is 0 Å². The summed E-state index contributed by atoms with van der Waals surface area (Å²) in [5.74, 6) is -0.802. The maximum Gasteiger partial charge on any atom is 0.267 e. The molecule has 1 saturated heterocycles. The van der Waals surface area contributed by atoms with E-state index in [0.29, 0.717) is 11.1 Å². The quantitative estimate of drug-likeness (QED) is 0.531. The first kappa shape index (κ1) is 27.7. The molecule has 2 aliphatic rings. The third-order valence-corrected chi connectivity index (χ3v) is 9.27. The van der Waals surface area contributed by atoms with Crippen LogP contribution < -0.4 is 0 Å². The van der Waals surface area contributed by atoms with Crippen LogP contribution in [-0.4, -0.2) is 81.2 Å². The standard InChI is InChI=1S/C28H38FN3O4S/c1-28(2)27(22-10-8-21(9-11-22)12-14-32-17-15-31(3)16-18-32)37(34,35)30-26(36-28)20-23(13-19-33)24-6-4-5-7-25(24)29/h4-11,23,27,33H,12-20H2,1-3H3/t23-,27?/m1/s1. The maximum absolute atomic E-state index is 14.4. The monoisotopic (exact) mass is 531 g/mol. The van der Waals surface area contributed by atoms with Gasteiger partial charge in [-0.3, -0.25) is 0 Å². The SMILES string of the molecule is CN1CCN(CCc2ccc(C3C(C)(C)OC(C[C@@H](CCO)c4ccccc4F)=NS3(=O)=O)cc2)CC1. The third kappa shape index (κ3) is 6.76. The van der Waals surface area contributed by atoms with Crippen molar-refractivity contribution in [3.05, 3.63) is 71.0 Å². The maximum atomic E-state index is 14.4. The van der Waals surface area contributed by atoms with Gasteiger partial charge in [-0.15, -0.1) is 4.40 Å². The van der Waals surface area contributed by atoms with Gasteiger partial charge in [0, 0.05) is 45.8 Å². The van der Waals surface area contributed by atoms with Crippen molar-refractivity contribution in [2.45, 2.75) is 49.9 Å². The molecular formula is C28H38FN3O4S. The van der Waals surface area contributed by atoms with Crippen LogP contribution in [0.3, 0.4) is 0 Å². The van der Waals surface area contributed by atoms with Gasteiger partial charge < -0.3 is 19.6 Å². The van der Waals surface area contributed by atoms with E-state index in [1.54, 1.807) is 32.0 Å². The summed E-state index contributed by atoms with van der Waals surface area (Å²) in [6, 6.07) is 14.0. The van der Waals surface area contributed by atoms with Gasteiger partial charge in [-0.05, 0) is 62.4 Å². The van der Waals surface area contributed by atoms with Crippen molar-refractivity contribution in [3.8, 4) is 0 Å². The summed E-state index contributed by atoms with van der Waals surface area (Å²) < 4.78 is 51.4. The molecule has 1 N–H and O–H groups in total. The van der Waals surface area contributed by atoms with E-state index in [1.807, 2.05) is 24.3 Å². The van der Waals surface area contributed by atoms with E-state index in [0.717, 1.165) is 44.7 Å². The summed E-state index contributed by atoms with van der Waals surface area (Å²) in [4.78, 5) is 4.79. The minimum Gasteiger partial charge on any atom is -0.472 e. The van der Waals surface area contributed by atoms with Crippen LogP contribution in [0.15, 0.2) is 52.9 Å². The van der Waals surface area contributed by atoms with Crippen molar-refractivity contribution in [2.24, 2.45) is 4.40 Å². The molecule has 4 rings (SSSR count). The number of piperazine rings is 1. The molecule has 0 saturated carbocycles. The molecule has 0 amide bonds. The molecule has 0 spiro atoms. The summed E-state index contributed by atoms with van der Waals surface area (Å²) in [5.41, 5.74) is 1.14. The minimum atomic E-state index is -3.94. The van der Waals surface area contributed by atoms with Gasteiger partial charge in [0.25, 0.3) is 10.0 Å². The second-order valence-corrected chi connectivity index (χ2v) is 12.3. The van der Waals surface area contributed by atoms with E-state index in [4.69, 9.17) is 4.74 Å². The molecule has 0 bridgehead atoms. The first-order valence-corrected chi connectivity index (χ1v) is 14.5. The van der Waals surface area contributed by atoms with Crippen molar-refractivity contribution in [3.63, 3.8) is 0 Å². The van der Waals surface area contributed by atoms with Gasteiger partial charge in [0.05, 0.1) is 0 Å². The smallest absolute Gasteiger partial charge is 0.267 e. The number of likely N-dealkylation sites (N-methyl/N-ethyl adjacent to an activating group) is 1. The average Bonchev–Trinajstić information content (AvgIpc) is 2.83. The Bertz CT molecular complexity index is 1190. The largest absolute Gasteiger partial charge is 0.472 e. The molecule has 0 aliphatic carbocycles. The van der Waals surface area contributed by atoms with Crippen molar-refractivity contribution in [1.82, 2.24) is 9.80 Å². The number of aliphatic hydroxyl groups excluding tert-OH is 1. The topological polar surface area (TPSA) is 82.4 Å². The predicted molar refractivity (Wildman–Crippen MR) is 144 cm³/mol. The Morgan fingerprint density at radius 3 is 2.41 bits per heavy atom. The fourth-order valence-corrected chi connectivity index (χ4v) is 7.11. The lowest BCUT2D eigenvalue weighted by Crippen LogP contribution is -2.45. The summed E-state index contributed by atoms with van der Waals surface area (Å²) in [6.45, 7) is 8.60. The number of nitrogens with zero attached hydrogens (tertiary/aromatic N) is 3. The van der Waals surface area contributed by atoms with Gasteiger partial charge in [0.1, 0.15) is 16.7 Å².